The van der Waals surface area contributed by atoms with Crippen LogP contribution in [-0.2, 0) is 18.9 Å². The Balaban J connectivity index is 1.51. The van der Waals surface area contributed by atoms with Crippen molar-refractivity contribution in [2.45, 2.75) is 103 Å². The number of allylic oxidation sites excluding steroid dienone is 1. The molecule has 2 aliphatic heterocycles. The van der Waals surface area contributed by atoms with Crippen LogP contribution >= 0.6 is 0 Å². The summed E-state index contributed by atoms with van der Waals surface area (Å²) in [6.07, 6.45) is 11.9. The highest BCUT2D eigenvalue weighted by Crippen LogP contribution is 2.51. The van der Waals surface area contributed by atoms with Gasteiger partial charge in [0.2, 0.25) is 0 Å². The van der Waals surface area contributed by atoms with Gasteiger partial charge in [0.05, 0.1) is 18.6 Å². The number of aliphatic hydroxyl groups is 1. The Bertz CT molecular complexity index is 787. The third kappa shape index (κ3) is 6.87. The van der Waals surface area contributed by atoms with Gasteiger partial charge in [-0.15, -0.1) is 11.8 Å². The summed E-state index contributed by atoms with van der Waals surface area (Å²) >= 11 is 0. The molecule has 5 nitrogen and oxygen atoms in total. The molecule has 34 heavy (non-hydrogen) atoms. The lowest BCUT2D eigenvalue weighted by atomic mass is 9.90. The lowest BCUT2D eigenvalue weighted by Gasteiger charge is -2.29. The lowest BCUT2D eigenvalue weighted by Crippen LogP contribution is -2.32. The molecular formula is C29H42O5. The first-order chi connectivity index (χ1) is 16.7. The fourth-order valence-electron chi connectivity index (χ4n) is 5.93. The van der Waals surface area contributed by atoms with Gasteiger partial charge >= 0.3 is 0 Å². The highest BCUT2D eigenvalue weighted by atomic mass is 16.7. The molecule has 188 valence electrons. The van der Waals surface area contributed by atoms with Crippen LogP contribution in [0.4, 0.5) is 0 Å². The van der Waals surface area contributed by atoms with Gasteiger partial charge in [-0.25, -0.2) is 0 Å². The average molecular weight is 471 g/mol. The molecule has 0 bridgehead atoms. The van der Waals surface area contributed by atoms with Gasteiger partial charge in [0.25, 0.3) is 0 Å². The molecular weight excluding hydrogens is 428 g/mol. The first-order valence-electron chi connectivity index (χ1n) is 13.4. The molecule has 0 aromatic rings. The van der Waals surface area contributed by atoms with Gasteiger partial charge in [-0.2, -0.15) is 0 Å². The van der Waals surface area contributed by atoms with Gasteiger partial charge in [-0.3, -0.25) is 0 Å². The zero-order chi connectivity index (χ0) is 23.8. The molecule has 4 rings (SSSR count). The molecule has 2 saturated carbocycles. The fraction of sp³-hybridized carbons (Fsp3) is 0.793. The second-order valence-corrected chi connectivity index (χ2v) is 10.4. The second-order valence-electron chi connectivity index (χ2n) is 10.4. The van der Waals surface area contributed by atoms with Crippen LogP contribution in [0.1, 0.15) is 78.1 Å². The average Bonchev–Trinajstić information content (AvgIpc) is 3.38. The summed E-state index contributed by atoms with van der Waals surface area (Å²) in [6.45, 7) is 5.72. The minimum atomic E-state index is -0.205. The summed E-state index contributed by atoms with van der Waals surface area (Å²) in [6, 6.07) is 0. The summed E-state index contributed by atoms with van der Waals surface area (Å²) in [4.78, 5) is 0. The first-order valence-corrected chi connectivity index (χ1v) is 13.4. The predicted octanol–water partition coefficient (Wildman–Crippen LogP) is 4.83. The number of ether oxygens (including phenoxy) is 4. The van der Waals surface area contributed by atoms with Gasteiger partial charge < -0.3 is 24.1 Å². The number of fused-ring (bicyclic) bond motifs is 1. The zero-order valence-electron chi connectivity index (χ0n) is 21.0. The molecule has 2 aliphatic carbocycles. The van der Waals surface area contributed by atoms with Crippen molar-refractivity contribution in [1.82, 2.24) is 0 Å². The van der Waals surface area contributed by atoms with Crippen molar-refractivity contribution in [3.8, 4) is 23.7 Å². The van der Waals surface area contributed by atoms with E-state index in [2.05, 4.69) is 30.6 Å². The third-order valence-corrected chi connectivity index (χ3v) is 7.82. The SMILES string of the molecule is CC#CC[C@H](C)[C@@H](C#C[C@@H]1[C@H]2CC(=CCO)C[C@H]2C[C@H]1OC1CCCCO1)OC1CCCCO1. The predicted molar refractivity (Wildman–Crippen MR) is 131 cm³/mol. The first kappa shape index (κ1) is 25.7. The van der Waals surface area contributed by atoms with E-state index >= 15 is 0 Å². The normalized spacial score (nSPS) is 36.1. The monoisotopic (exact) mass is 470 g/mol. The fourth-order valence-corrected chi connectivity index (χ4v) is 5.93. The Hall–Kier alpha value is -1.34. The van der Waals surface area contributed by atoms with Gasteiger partial charge in [-0.1, -0.05) is 30.4 Å². The standard InChI is InChI=1S/C29H42O5/c1-3-4-9-21(2)26(33-28-10-5-7-16-31-28)13-12-24-25-19-22(14-15-30)18-23(25)20-27(24)34-29-11-6-8-17-32-29/h14,21,23-30H,5-11,15-20H2,1-2H3/t21-,23-,24+,25-,26+,27+,28?,29?/m0/s1. The maximum Gasteiger partial charge on any atom is 0.159 e. The van der Waals surface area contributed by atoms with Gasteiger partial charge in [-0.05, 0) is 76.5 Å². The smallest absolute Gasteiger partial charge is 0.159 e. The van der Waals surface area contributed by atoms with Gasteiger partial charge in [0.15, 0.2) is 12.6 Å². The van der Waals surface area contributed by atoms with Crippen molar-refractivity contribution in [1.29, 1.82) is 0 Å². The van der Waals surface area contributed by atoms with Crippen molar-refractivity contribution in [2.75, 3.05) is 19.8 Å². The van der Waals surface area contributed by atoms with Crippen LogP contribution in [0.5, 0.6) is 0 Å². The van der Waals surface area contributed by atoms with Crippen molar-refractivity contribution in [2.24, 2.45) is 23.7 Å². The molecule has 0 amide bonds. The number of aliphatic hydroxyl groups excluding tert-OH is 1. The maximum atomic E-state index is 9.40. The summed E-state index contributed by atoms with van der Waals surface area (Å²) in [5.74, 6) is 14.8. The molecule has 2 heterocycles. The molecule has 0 spiro atoms. The molecule has 1 N–H and O–H groups in total. The molecule has 4 fully saturated rings. The largest absolute Gasteiger partial charge is 0.392 e. The number of hydrogen-bond donors (Lipinski definition) is 1. The molecule has 0 radical (unpaired) electrons. The molecule has 8 atom stereocenters. The molecule has 0 aromatic carbocycles. The van der Waals surface area contributed by atoms with Crippen molar-refractivity contribution in [3.05, 3.63) is 11.6 Å². The van der Waals surface area contributed by atoms with Crippen molar-refractivity contribution < 1.29 is 24.1 Å². The summed E-state index contributed by atoms with van der Waals surface area (Å²) in [7, 11) is 0. The van der Waals surface area contributed by atoms with Crippen LogP contribution in [-0.4, -0.2) is 49.7 Å². The summed E-state index contributed by atoms with van der Waals surface area (Å²) in [5, 5.41) is 9.40. The van der Waals surface area contributed by atoms with Gasteiger partial charge in [0, 0.05) is 25.6 Å². The van der Waals surface area contributed by atoms with E-state index in [0.717, 1.165) is 77.4 Å². The minimum Gasteiger partial charge on any atom is -0.392 e. The molecule has 2 saturated heterocycles. The lowest BCUT2D eigenvalue weighted by molar-refractivity contribution is -0.192. The van der Waals surface area contributed by atoms with E-state index in [0.29, 0.717) is 11.8 Å². The Morgan fingerprint density at radius 1 is 1.09 bits per heavy atom. The molecule has 0 aromatic heterocycles. The second kappa shape index (κ2) is 13.1. The van der Waals surface area contributed by atoms with Crippen LogP contribution in [0, 0.1) is 47.4 Å². The Morgan fingerprint density at radius 2 is 1.85 bits per heavy atom. The van der Waals surface area contributed by atoms with E-state index < -0.39 is 0 Å². The van der Waals surface area contributed by atoms with E-state index in [9.17, 15) is 5.11 Å². The van der Waals surface area contributed by atoms with E-state index in [4.69, 9.17) is 18.9 Å². The van der Waals surface area contributed by atoms with E-state index in [-0.39, 0.29) is 43.2 Å². The highest BCUT2D eigenvalue weighted by molar-refractivity contribution is 5.22. The summed E-state index contributed by atoms with van der Waals surface area (Å²) in [5.41, 5.74) is 1.37. The van der Waals surface area contributed by atoms with E-state index in [1.807, 2.05) is 13.0 Å². The van der Waals surface area contributed by atoms with Crippen LogP contribution in [0.3, 0.4) is 0 Å². The Labute approximate surface area is 205 Å². The van der Waals surface area contributed by atoms with E-state index in [1.54, 1.807) is 0 Å². The molecule has 5 heteroatoms. The van der Waals surface area contributed by atoms with Crippen LogP contribution in [0.2, 0.25) is 0 Å². The van der Waals surface area contributed by atoms with Crippen molar-refractivity contribution >= 4 is 0 Å². The minimum absolute atomic E-state index is 0.0959. The third-order valence-electron chi connectivity index (χ3n) is 7.82. The van der Waals surface area contributed by atoms with Crippen LogP contribution in [0.15, 0.2) is 11.6 Å². The Kier molecular flexibility index (Phi) is 9.92. The molecule has 4 aliphatic rings. The van der Waals surface area contributed by atoms with Crippen molar-refractivity contribution in [3.63, 3.8) is 0 Å². The van der Waals surface area contributed by atoms with E-state index in [1.165, 1.54) is 5.57 Å². The van der Waals surface area contributed by atoms with Crippen LogP contribution in [0.25, 0.3) is 0 Å². The topological polar surface area (TPSA) is 57.2 Å². The maximum absolute atomic E-state index is 9.40. The zero-order valence-corrected chi connectivity index (χ0v) is 21.0. The quantitative estimate of drug-likeness (QED) is 0.427. The van der Waals surface area contributed by atoms with Gasteiger partial charge in [0.1, 0.15) is 6.10 Å². The molecule has 2 unspecified atom stereocenters. The number of rotatable bonds is 7. The summed E-state index contributed by atoms with van der Waals surface area (Å²) < 4.78 is 24.7. The Morgan fingerprint density at radius 3 is 2.53 bits per heavy atom. The highest BCUT2D eigenvalue weighted by Gasteiger charge is 2.47. The van der Waals surface area contributed by atoms with Crippen LogP contribution < -0.4 is 0 Å². The number of hydrogen-bond acceptors (Lipinski definition) is 5.